The molecule has 1 fully saturated rings. The smallest absolute Gasteiger partial charge is 0.404 e. The number of carbonyl (C=O) groups is 2. The standard InChI is InChI=1S/C24H31N3O4/c1-2-3-14-20-26-21(23(29)27(20)16-18-12-8-5-9-13-18)22(28)19(25-24(30)31)15-17-10-6-4-7-11-17/h4-13,19-22,25-26,28H,2-3,14-16H2,1H3,(H,30,31)/t19-,20-,21-,22+/m0/s1. The molecule has 7 nitrogen and oxygen atoms in total. The summed E-state index contributed by atoms with van der Waals surface area (Å²) in [5.41, 5.74) is 1.90. The highest BCUT2D eigenvalue weighted by atomic mass is 16.4. The Morgan fingerprint density at radius 1 is 1.10 bits per heavy atom. The molecule has 4 atom stereocenters. The van der Waals surface area contributed by atoms with Gasteiger partial charge in [-0.25, -0.2) is 4.79 Å². The van der Waals surface area contributed by atoms with Gasteiger partial charge >= 0.3 is 6.09 Å². The Labute approximate surface area is 183 Å². The summed E-state index contributed by atoms with van der Waals surface area (Å²) >= 11 is 0. The molecule has 1 heterocycles. The van der Waals surface area contributed by atoms with Gasteiger partial charge in [0.2, 0.25) is 5.91 Å². The molecule has 7 heteroatoms. The summed E-state index contributed by atoms with van der Waals surface area (Å²) in [6, 6.07) is 17.4. The van der Waals surface area contributed by atoms with E-state index in [0.29, 0.717) is 6.54 Å². The Morgan fingerprint density at radius 2 is 1.71 bits per heavy atom. The van der Waals surface area contributed by atoms with Crippen molar-refractivity contribution < 1.29 is 19.8 Å². The lowest BCUT2D eigenvalue weighted by Gasteiger charge is -2.26. The Hall–Kier alpha value is -2.90. The zero-order valence-corrected chi connectivity index (χ0v) is 17.8. The molecular formula is C24H31N3O4. The molecule has 0 spiro atoms. The summed E-state index contributed by atoms with van der Waals surface area (Å²) < 4.78 is 0. The zero-order chi connectivity index (χ0) is 22.2. The molecule has 2 aromatic rings. The highest BCUT2D eigenvalue weighted by Gasteiger charge is 2.44. The van der Waals surface area contributed by atoms with Gasteiger partial charge in [-0.2, -0.15) is 0 Å². The van der Waals surface area contributed by atoms with Crippen LogP contribution >= 0.6 is 0 Å². The van der Waals surface area contributed by atoms with E-state index < -0.39 is 24.3 Å². The molecule has 166 valence electrons. The van der Waals surface area contributed by atoms with E-state index in [1.165, 1.54) is 0 Å². The van der Waals surface area contributed by atoms with E-state index in [0.717, 1.165) is 30.4 Å². The molecule has 0 saturated carbocycles. The molecule has 0 bridgehead atoms. The van der Waals surface area contributed by atoms with Crippen LogP contribution in [0.4, 0.5) is 4.79 Å². The highest BCUT2D eigenvalue weighted by Crippen LogP contribution is 2.23. The van der Waals surface area contributed by atoms with Gasteiger partial charge in [0.15, 0.2) is 0 Å². The van der Waals surface area contributed by atoms with Gasteiger partial charge in [0.1, 0.15) is 6.04 Å². The molecule has 0 unspecified atom stereocenters. The maximum Gasteiger partial charge on any atom is 0.404 e. The molecule has 31 heavy (non-hydrogen) atoms. The van der Waals surface area contributed by atoms with E-state index >= 15 is 0 Å². The van der Waals surface area contributed by atoms with E-state index in [1.807, 2.05) is 60.7 Å². The summed E-state index contributed by atoms with van der Waals surface area (Å²) in [6.07, 6.45) is 0.374. The number of aliphatic hydroxyl groups is 1. The fourth-order valence-electron chi connectivity index (χ4n) is 4.07. The Morgan fingerprint density at radius 3 is 2.29 bits per heavy atom. The fourth-order valence-corrected chi connectivity index (χ4v) is 4.07. The highest BCUT2D eigenvalue weighted by molar-refractivity contribution is 5.85. The van der Waals surface area contributed by atoms with Crippen LogP contribution < -0.4 is 10.6 Å². The molecule has 0 aromatic heterocycles. The average Bonchev–Trinajstić information content (AvgIpc) is 3.07. The van der Waals surface area contributed by atoms with E-state index in [4.69, 9.17) is 0 Å². The second kappa shape index (κ2) is 10.9. The molecule has 3 rings (SSSR count). The van der Waals surface area contributed by atoms with Gasteiger partial charge in [-0.15, -0.1) is 0 Å². The number of hydrogen-bond donors (Lipinski definition) is 4. The number of rotatable bonds is 10. The Bertz CT molecular complexity index is 846. The summed E-state index contributed by atoms with van der Waals surface area (Å²) in [5.74, 6) is -0.206. The lowest BCUT2D eigenvalue weighted by atomic mass is 9.96. The predicted molar refractivity (Wildman–Crippen MR) is 118 cm³/mol. The molecule has 0 aliphatic carbocycles. The number of carbonyl (C=O) groups excluding carboxylic acids is 1. The zero-order valence-electron chi connectivity index (χ0n) is 17.8. The van der Waals surface area contributed by atoms with Crippen LogP contribution in [0.25, 0.3) is 0 Å². The van der Waals surface area contributed by atoms with Crippen LogP contribution in [-0.2, 0) is 17.8 Å². The number of unbranched alkanes of at least 4 members (excludes halogenated alkanes) is 1. The molecule has 1 aliphatic heterocycles. The first-order valence-corrected chi connectivity index (χ1v) is 10.8. The molecule has 2 amide bonds. The second-order valence-electron chi connectivity index (χ2n) is 7.99. The van der Waals surface area contributed by atoms with Crippen molar-refractivity contribution in [2.75, 3.05) is 0 Å². The van der Waals surface area contributed by atoms with E-state index in [9.17, 15) is 19.8 Å². The SMILES string of the molecule is CCCC[C@H]1N[C@@H]([C@H](O)[C@H](Cc2ccccc2)NC(=O)O)C(=O)N1Cc1ccccc1. The van der Waals surface area contributed by atoms with Crippen molar-refractivity contribution in [2.45, 2.75) is 63.5 Å². The van der Waals surface area contributed by atoms with E-state index in [-0.39, 0.29) is 18.5 Å². The fraction of sp³-hybridized carbons (Fsp3) is 0.417. The topological polar surface area (TPSA) is 102 Å². The summed E-state index contributed by atoms with van der Waals surface area (Å²) in [5, 5.41) is 26.1. The van der Waals surface area contributed by atoms with Crippen molar-refractivity contribution in [3.8, 4) is 0 Å². The van der Waals surface area contributed by atoms with Crippen molar-refractivity contribution in [1.82, 2.24) is 15.5 Å². The largest absolute Gasteiger partial charge is 0.465 e. The van der Waals surface area contributed by atoms with Gasteiger partial charge in [0, 0.05) is 6.54 Å². The van der Waals surface area contributed by atoms with Gasteiger partial charge in [-0.05, 0) is 24.0 Å². The minimum Gasteiger partial charge on any atom is -0.465 e. The van der Waals surface area contributed by atoms with Crippen LogP contribution in [0.1, 0.15) is 37.3 Å². The first-order valence-electron chi connectivity index (χ1n) is 10.8. The first kappa shape index (κ1) is 22.8. The van der Waals surface area contributed by atoms with Gasteiger partial charge in [0.25, 0.3) is 0 Å². The van der Waals surface area contributed by atoms with Crippen molar-refractivity contribution in [3.63, 3.8) is 0 Å². The monoisotopic (exact) mass is 425 g/mol. The first-order chi connectivity index (χ1) is 15.0. The summed E-state index contributed by atoms with van der Waals surface area (Å²) in [6.45, 7) is 2.54. The third-order valence-electron chi connectivity index (χ3n) is 5.69. The van der Waals surface area contributed by atoms with Crippen LogP contribution in [0.2, 0.25) is 0 Å². The van der Waals surface area contributed by atoms with Crippen molar-refractivity contribution in [2.24, 2.45) is 0 Å². The molecule has 2 aromatic carbocycles. The van der Waals surface area contributed by atoms with Crippen molar-refractivity contribution >= 4 is 12.0 Å². The average molecular weight is 426 g/mol. The number of nitrogens with one attached hydrogen (secondary N) is 2. The Kier molecular flexibility index (Phi) is 8.03. The van der Waals surface area contributed by atoms with Crippen LogP contribution in [0.3, 0.4) is 0 Å². The summed E-state index contributed by atoms with van der Waals surface area (Å²) in [7, 11) is 0. The molecule has 4 N–H and O–H groups in total. The quantitative estimate of drug-likeness (QED) is 0.469. The number of carboxylic acid groups (broad SMARTS) is 1. The second-order valence-corrected chi connectivity index (χ2v) is 7.99. The number of aliphatic hydroxyl groups excluding tert-OH is 1. The van der Waals surface area contributed by atoms with Crippen molar-refractivity contribution in [3.05, 3.63) is 71.8 Å². The Balaban J connectivity index is 1.79. The van der Waals surface area contributed by atoms with Crippen molar-refractivity contribution in [1.29, 1.82) is 0 Å². The normalized spacial score (nSPS) is 20.5. The van der Waals surface area contributed by atoms with Crippen LogP contribution in [0.15, 0.2) is 60.7 Å². The van der Waals surface area contributed by atoms with Crippen LogP contribution in [-0.4, -0.2) is 51.5 Å². The molecular weight excluding hydrogens is 394 g/mol. The predicted octanol–water partition coefficient (Wildman–Crippen LogP) is 2.74. The van der Waals surface area contributed by atoms with E-state index in [1.54, 1.807) is 4.90 Å². The lowest BCUT2D eigenvalue weighted by Crippen LogP contribution is -2.54. The summed E-state index contributed by atoms with van der Waals surface area (Å²) in [4.78, 5) is 26.4. The molecule has 1 aliphatic rings. The van der Waals surface area contributed by atoms with Crippen LogP contribution in [0.5, 0.6) is 0 Å². The number of hydrogen-bond acceptors (Lipinski definition) is 4. The number of benzene rings is 2. The third kappa shape index (κ3) is 6.06. The van der Waals surface area contributed by atoms with Gasteiger partial charge < -0.3 is 20.4 Å². The lowest BCUT2D eigenvalue weighted by molar-refractivity contribution is -0.133. The maximum absolute atomic E-state index is 13.3. The maximum atomic E-state index is 13.3. The van der Waals surface area contributed by atoms with Gasteiger partial charge in [-0.3, -0.25) is 10.1 Å². The number of amides is 2. The van der Waals surface area contributed by atoms with Crippen LogP contribution in [0, 0.1) is 0 Å². The minimum atomic E-state index is -1.23. The molecule has 0 radical (unpaired) electrons. The van der Waals surface area contributed by atoms with Gasteiger partial charge in [-0.1, -0.05) is 80.4 Å². The molecule has 1 saturated heterocycles. The van der Waals surface area contributed by atoms with Gasteiger partial charge in [0.05, 0.1) is 18.3 Å². The van der Waals surface area contributed by atoms with E-state index in [2.05, 4.69) is 17.6 Å². The third-order valence-corrected chi connectivity index (χ3v) is 5.69. The minimum absolute atomic E-state index is 0.200. The number of nitrogens with zero attached hydrogens (tertiary/aromatic N) is 1.